The zero-order valence-corrected chi connectivity index (χ0v) is 7.53. The van der Waals surface area contributed by atoms with E-state index < -0.39 is 0 Å². The van der Waals surface area contributed by atoms with Crippen LogP contribution in [0.15, 0.2) is 35.5 Å². The van der Waals surface area contributed by atoms with Crippen molar-refractivity contribution in [3.63, 3.8) is 0 Å². The standard InChI is InChI=1S/C11H11NO/c1-8-10-7-11(10,13-12-8)9-5-3-2-4-6-9/h2-6,10H,7H2,1H3/t10?,11-/m0/s1. The van der Waals surface area contributed by atoms with E-state index in [2.05, 4.69) is 29.4 Å². The second-order valence-corrected chi connectivity index (χ2v) is 3.84. The van der Waals surface area contributed by atoms with Crippen molar-refractivity contribution in [1.29, 1.82) is 0 Å². The number of oxime groups is 1. The summed E-state index contributed by atoms with van der Waals surface area (Å²) in [5.74, 6) is 0.537. The van der Waals surface area contributed by atoms with E-state index in [1.54, 1.807) is 0 Å². The van der Waals surface area contributed by atoms with Crippen LogP contribution < -0.4 is 0 Å². The van der Waals surface area contributed by atoms with E-state index in [0.717, 1.165) is 12.1 Å². The van der Waals surface area contributed by atoms with E-state index in [9.17, 15) is 0 Å². The summed E-state index contributed by atoms with van der Waals surface area (Å²) in [7, 11) is 0. The first kappa shape index (κ1) is 7.13. The summed E-state index contributed by atoms with van der Waals surface area (Å²) in [4.78, 5) is 5.50. The summed E-state index contributed by atoms with van der Waals surface area (Å²) in [6.45, 7) is 2.04. The third-order valence-corrected chi connectivity index (χ3v) is 3.03. The maximum atomic E-state index is 5.50. The van der Waals surface area contributed by atoms with Gasteiger partial charge in [0.15, 0.2) is 5.60 Å². The smallest absolute Gasteiger partial charge is 0.171 e. The molecular formula is C11H11NO. The molecule has 2 heteroatoms. The van der Waals surface area contributed by atoms with Gasteiger partial charge in [-0.15, -0.1) is 0 Å². The minimum Gasteiger partial charge on any atom is -0.384 e. The van der Waals surface area contributed by atoms with Crippen LogP contribution in [0.25, 0.3) is 0 Å². The van der Waals surface area contributed by atoms with Gasteiger partial charge in [-0.3, -0.25) is 0 Å². The lowest BCUT2D eigenvalue weighted by molar-refractivity contribution is 0.0449. The van der Waals surface area contributed by atoms with E-state index in [-0.39, 0.29) is 5.60 Å². The van der Waals surface area contributed by atoms with Crippen molar-refractivity contribution >= 4 is 5.71 Å². The van der Waals surface area contributed by atoms with Gasteiger partial charge < -0.3 is 4.84 Å². The normalized spacial score (nSPS) is 34.8. The van der Waals surface area contributed by atoms with Crippen LogP contribution in [0.5, 0.6) is 0 Å². The van der Waals surface area contributed by atoms with Crippen molar-refractivity contribution in [3.05, 3.63) is 35.9 Å². The first-order chi connectivity index (χ1) is 6.33. The van der Waals surface area contributed by atoms with Crippen molar-refractivity contribution < 1.29 is 4.84 Å². The molecule has 1 aliphatic carbocycles. The van der Waals surface area contributed by atoms with Crippen molar-refractivity contribution in [2.24, 2.45) is 11.1 Å². The average Bonchev–Trinajstić information content (AvgIpc) is 2.85. The molecule has 1 aromatic carbocycles. The molecule has 66 valence electrons. The van der Waals surface area contributed by atoms with E-state index in [1.807, 2.05) is 13.0 Å². The topological polar surface area (TPSA) is 21.6 Å². The molecule has 2 aliphatic rings. The molecule has 0 saturated heterocycles. The Balaban J connectivity index is 1.99. The Hall–Kier alpha value is -1.31. The van der Waals surface area contributed by atoms with Crippen molar-refractivity contribution in [2.75, 3.05) is 0 Å². The monoisotopic (exact) mass is 173 g/mol. The summed E-state index contributed by atoms with van der Waals surface area (Å²) in [6.07, 6.45) is 1.10. The Morgan fingerprint density at radius 1 is 1.38 bits per heavy atom. The summed E-state index contributed by atoms with van der Waals surface area (Å²) in [5, 5.41) is 4.03. The van der Waals surface area contributed by atoms with Gasteiger partial charge in [-0.05, 0) is 12.5 Å². The van der Waals surface area contributed by atoms with Crippen molar-refractivity contribution in [2.45, 2.75) is 18.9 Å². The lowest BCUT2D eigenvalue weighted by Gasteiger charge is -2.10. The van der Waals surface area contributed by atoms with Crippen LogP contribution in [-0.2, 0) is 10.4 Å². The Morgan fingerprint density at radius 2 is 2.15 bits per heavy atom. The molecule has 0 N–H and O–H groups in total. The highest BCUT2D eigenvalue weighted by Crippen LogP contribution is 2.59. The van der Waals surface area contributed by atoms with Gasteiger partial charge in [-0.2, -0.15) is 0 Å². The van der Waals surface area contributed by atoms with Crippen LogP contribution in [-0.4, -0.2) is 5.71 Å². The Bertz CT molecular complexity index is 371. The zero-order valence-electron chi connectivity index (χ0n) is 7.53. The molecule has 0 amide bonds. The van der Waals surface area contributed by atoms with E-state index in [4.69, 9.17) is 4.84 Å². The molecular weight excluding hydrogens is 162 g/mol. The van der Waals surface area contributed by atoms with E-state index in [1.165, 1.54) is 5.56 Å². The van der Waals surface area contributed by atoms with Crippen LogP contribution in [0.4, 0.5) is 0 Å². The second kappa shape index (κ2) is 2.13. The molecule has 0 bridgehead atoms. The van der Waals surface area contributed by atoms with Gasteiger partial charge in [0.25, 0.3) is 0 Å². The fourth-order valence-corrected chi connectivity index (χ4v) is 2.14. The van der Waals surface area contributed by atoms with Crippen molar-refractivity contribution in [1.82, 2.24) is 0 Å². The number of hydrogen-bond acceptors (Lipinski definition) is 2. The third kappa shape index (κ3) is 0.804. The van der Waals surface area contributed by atoms with Crippen LogP contribution in [0.2, 0.25) is 0 Å². The quantitative estimate of drug-likeness (QED) is 0.638. The lowest BCUT2D eigenvalue weighted by Crippen LogP contribution is -2.08. The third-order valence-electron chi connectivity index (χ3n) is 3.03. The molecule has 2 atom stereocenters. The molecule has 13 heavy (non-hydrogen) atoms. The molecule has 3 rings (SSSR count). The fraction of sp³-hybridized carbons (Fsp3) is 0.364. The number of fused-ring (bicyclic) bond motifs is 1. The molecule has 0 spiro atoms. The highest BCUT2D eigenvalue weighted by atomic mass is 16.7. The van der Waals surface area contributed by atoms with Gasteiger partial charge in [0.2, 0.25) is 0 Å². The second-order valence-electron chi connectivity index (χ2n) is 3.84. The Morgan fingerprint density at radius 3 is 2.69 bits per heavy atom. The van der Waals surface area contributed by atoms with Crippen LogP contribution in [0.1, 0.15) is 18.9 Å². The average molecular weight is 173 g/mol. The van der Waals surface area contributed by atoms with Gasteiger partial charge in [-0.1, -0.05) is 35.5 Å². The van der Waals surface area contributed by atoms with E-state index >= 15 is 0 Å². The molecule has 0 aromatic heterocycles. The molecule has 1 saturated carbocycles. The molecule has 1 aromatic rings. The summed E-state index contributed by atoms with van der Waals surface area (Å²) < 4.78 is 0. The SMILES string of the molecule is CC1=NO[C@]2(c3ccccc3)CC12. The summed E-state index contributed by atoms with van der Waals surface area (Å²) in [5.41, 5.74) is 2.33. The van der Waals surface area contributed by atoms with Gasteiger partial charge >= 0.3 is 0 Å². The first-order valence-electron chi connectivity index (χ1n) is 4.61. The predicted octanol–water partition coefficient (Wildman–Crippen LogP) is 2.31. The minimum atomic E-state index is -0.0780. The van der Waals surface area contributed by atoms with Gasteiger partial charge in [0.05, 0.1) is 11.6 Å². The molecule has 2 nitrogen and oxygen atoms in total. The molecule has 1 aliphatic heterocycles. The number of hydrogen-bond donors (Lipinski definition) is 0. The minimum absolute atomic E-state index is 0.0780. The lowest BCUT2D eigenvalue weighted by atomic mass is 10.0. The zero-order chi connectivity index (χ0) is 8.89. The maximum absolute atomic E-state index is 5.50. The molecule has 0 radical (unpaired) electrons. The van der Waals surface area contributed by atoms with Gasteiger partial charge in [0, 0.05) is 6.42 Å². The van der Waals surface area contributed by atoms with Crippen LogP contribution >= 0.6 is 0 Å². The Kier molecular flexibility index (Phi) is 1.17. The van der Waals surface area contributed by atoms with Crippen LogP contribution in [0, 0.1) is 5.92 Å². The Labute approximate surface area is 77.2 Å². The molecule has 1 fully saturated rings. The van der Waals surface area contributed by atoms with Crippen LogP contribution in [0.3, 0.4) is 0 Å². The highest BCUT2D eigenvalue weighted by Gasteiger charge is 2.63. The summed E-state index contributed by atoms with van der Waals surface area (Å²) >= 11 is 0. The van der Waals surface area contributed by atoms with Gasteiger partial charge in [0.1, 0.15) is 0 Å². The predicted molar refractivity (Wildman–Crippen MR) is 50.4 cm³/mol. The number of rotatable bonds is 1. The van der Waals surface area contributed by atoms with Crippen molar-refractivity contribution in [3.8, 4) is 0 Å². The molecule has 1 heterocycles. The number of benzene rings is 1. The highest BCUT2D eigenvalue weighted by molar-refractivity contribution is 5.90. The molecule has 1 unspecified atom stereocenters. The summed E-state index contributed by atoms with van der Waals surface area (Å²) in [6, 6.07) is 10.4. The fourth-order valence-electron chi connectivity index (χ4n) is 2.14. The largest absolute Gasteiger partial charge is 0.384 e. The maximum Gasteiger partial charge on any atom is 0.171 e. The van der Waals surface area contributed by atoms with Gasteiger partial charge in [-0.25, -0.2) is 0 Å². The van der Waals surface area contributed by atoms with E-state index in [0.29, 0.717) is 5.92 Å². The number of nitrogens with zero attached hydrogens (tertiary/aromatic N) is 1. The first-order valence-corrected chi connectivity index (χ1v) is 4.61.